The van der Waals surface area contributed by atoms with Crippen LogP contribution >= 0.6 is 11.6 Å². The van der Waals surface area contributed by atoms with E-state index in [1.54, 1.807) is 0 Å². The lowest BCUT2D eigenvalue weighted by Crippen LogP contribution is -2.24. The van der Waals surface area contributed by atoms with Crippen LogP contribution in [-0.2, 0) is 0 Å². The van der Waals surface area contributed by atoms with Gasteiger partial charge in [0.05, 0.1) is 6.04 Å². The molecule has 1 aromatic carbocycles. The number of hydrogen-bond donors (Lipinski definition) is 1. The van der Waals surface area contributed by atoms with Gasteiger partial charge < -0.3 is 5.32 Å². The van der Waals surface area contributed by atoms with Gasteiger partial charge in [0.2, 0.25) is 0 Å². The highest BCUT2D eigenvalue weighted by atomic mass is 35.5. The summed E-state index contributed by atoms with van der Waals surface area (Å²) in [5, 5.41) is 4.42. The first-order valence-corrected chi connectivity index (χ1v) is 7.41. The van der Waals surface area contributed by atoms with Crippen LogP contribution in [0, 0.1) is 13.8 Å². The lowest BCUT2D eigenvalue weighted by Gasteiger charge is -2.23. The monoisotopic (exact) mass is 288 g/mol. The van der Waals surface area contributed by atoms with Crippen LogP contribution in [0.25, 0.3) is 0 Å². The molecule has 0 aliphatic carbocycles. The van der Waals surface area contributed by atoms with Gasteiger partial charge >= 0.3 is 0 Å². The van der Waals surface area contributed by atoms with Gasteiger partial charge in [0.25, 0.3) is 0 Å². The Labute approximate surface area is 126 Å². The van der Waals surface area contributed by atoms with Gasteiger partial charge in [0.15, 0.2) is 0 Å². The molecule has 1 heterocycles. The van der Waals surface area contributed by atoms with Gasteiger partial charge in [-0.2, -0.15) is 0 Å². The summed E-state index contributed by atoms with van der Waals surface area (Å²) in [5.74, 6) is 0. The highest BCUT2D eigenvalue weighted by Gasteiger charge is 2.18. The zero-order chi connectivity index (χ0) is 14.5. The molecule has 0 bridgehead atoms. The van der Waals surface area contributed by atoms with Crippen molar-refractivity contribution < 1.29 is 0 Å². The Hall–Kier alpha value is -1.38. The molecule has 0 spiro atoms. The number of benzene rings is 1. The molecule has 0 saturated heterocycles. The number of nitrogens with zero attached hydrogens (tertiary/aromatic N) is 1. The molecule has 0 amide bonds. The zero-order valence-electron chi connectivity index (χ0n) is 12.3. The molecule has 0 fully saturated rings. The Morgan fingerprint density at radius 1 is 1.20 bits per heavy atom. The van der Waals surface area contributed by atoms with E-state index in [2.05, 4.69) is 43.2 Å². The SMILES string of the molecule is CCCNC(c1cnccc1C)c1cccc(Cl)c1C. The lowest BCUT2D eigenvalue weighted by atomic mass is 9.93. The van der Waals surface area contributed by atoms with E-state index < -0.39 is 0 Å². The molecule has 1 N–H and O–H groups in total. The number of pyridine rings is 1. The largest absolute Gasteiger partial charge is 0.306 e. The van der Waals surface area contributed by atoms with Gasteiger partial charge in [0.1, 0.15) is 0 Å². The summed E-state index contributed by atoms with van der Waals surface area (Å²) in [5.41, 5.74) is 4.81. The second-order valence-corrected chi connectivity index (χ2v) is 5.48. The van der Waals surface area contributed by atoms with Crippen molar-refractivity contribution in [2.75, 3.05) is 6.54 Å². The number of hydrogen-bond acceptors (Lipinski definition) is 2. The lowest BCUT2D eigenvalue weighted by molar-refractivity contribution is 0.592. The van der Waals surface area contributed by atoms with E-state index in [1.165, 1.54) is 16.7 Å². The van der Waals surface area contributed by atoms with Crippen molar-refractivity contribution in [3.05, 3.63) is 63.9 Å². The topological polar surface area (TPSA) is 24.9 Å². The molecule has 2 aromatic rings. The van der Waals surface area contributed by atoms with Crippen molar-refractivity contribution in [3.8, 4) is 0 Å². The van der Waals surface area contributed by atoms with Crippen molar-refractivity contribution >= 4 is 11.6 Å². The molecule has 106 valence electrons. The normalized spacial score (nSPS) is 12.4. The van der Waals surface area contributed by atoms with Crippen molar-refractivity contribution in [2.24, 2.45) is 0 Å². The third kappa shape index (κ3) is 3.20. The summed E-state index contributed by atoms with van der Waals surface area (Å²) in [7, 11) is 0. The molecule has 0 saturated carbocycles. The van der Waals surface area contributed by atoms with E-state index in [0.29, 0.717) is 0 Å². The highest BCUT2D eigenvalue weighted by Crippen LogP contribution is 2.30. The fourth-order valence-corrected chi connectivity index (χ4v) is 2.57. The van der Waals surface area contributed by atoms with E-state index in [-0.39, 0.29) is 6.04 Å². The maximum Gasteiger partial charge on any atom is 0.0597 e. The van der Waals surface area contributed by atoms with E-state index in [1.807, 2.05) is 24.5 Å². The number of aromatic nitrogens is 1. The first-order chi connectivity index (χ1) is 9.65. The summed E-state index contributed by atoms with van der Waals surface area (Å²) >= 11 is 6.28. The minimum absolute atomic E-state index is 0.141. The fraction of sp³-hybridized carbons (Fsp3) is 0.353. The Morgan fingerprint density at radius 3 is 2.70 bits per heavy atom. The molecule has 1 aromatic heterocycles. The van der Waals surface area contributed by atoms with Crippen molar-refractivity contribution in [2.45, 2.75) is 33.2 Å². The van der Waals surface area contributed by atoms with Gasteiger partial charge in [-0.3, -0.25) is 4.98 Å². The molecule has 0 aliphatic heterocycles. The number of halogens is 1. The molecule has 1 unspecified atom stereocenters. The minimum atomic E-state index is 0.141. The minimum Gasteiger partial charge on any atom is -0.306 e. The molecule has 2 rings (SSSR count). The molecule has 1 atom stereocenters. The zero-order valence-corrected chi connectivity index (χ0v) is 13.0. The van der Waals surface area contributed by atoms with E-state index in [9.17, 15) is 0 Å². The fourth-order valence-electron chi connectivity index (χ4n) is 2.39. The molecular weight excluding hydrogens is 268 g/mol. The second kappa shape index (κ2) is 6.87. The van der Waals surface area contributed by atoms with Crippen LogP contribution in [0.2, 0.25) is 5.02 Å². The van der Waals surface area contributed by atoms with Crippen LogP contribution in [0.1, 0.15) is 41.6 Å². The van der Waals surface area contributed by atoms with Gasteiger partial charge in [0, 0.05) is 17.4 Å². The summed E-state index contributed by atoms with van der Waals surface area (Å²) in [4.78, 5) is 4.28. The molecule has 3 heteroatoms. The van der Waals surface area contributed by atoms with Gasteiger partial charge in [-0.1, -0.05) is 30.7 Å². The molecular formula is C17H21ClN2. The van der Waals surface area contributed by atoms with Crippen molar-refractivity contribution in [1.29, 1.82) is 0 Å². The van der Waals surface area contributed by atoms with Crippen LogP contribution in [-0.4, -0.2) is 11.5 Å². The second-order valence-electron chi connectivity index (χ2n) is 5.07. The number of aryl methyl sites for hydroxylation is 1. The van der Waals surface area contributed by atoms with Gasteiger partial charge in [-0.05, 0) is 61.2 Å². The molecule has 20 heavy (non-hydrogen) atoms. The third-order valence-electron chi connectivity index (χ3n) is 3.61. The maximum atomic E-state index is 6.28. The van der Waals surface area contributed by atoms with E-state index in [4.69, 9.17) is 11.6 Å². The van der Waals surface area contributed by atoms with Gasteiger partial charge in [-0.15, -0.1) is 0 Å². The molecule has 0 radical (unpaired) electrons. The number of rotatable bonds is 5. The van der Waals surface area contributed by atoms with E-state index in [0.717, 1.165) is 23.6 Å². The first-order valence-electron chi connectivity index (χ1n) is 7.04. The standard InChI is InChI=1S/C17H21ClN2/c1-4-9-20-17(15-11-19-10-8-12(15)2)14-6-5-7-16(18)13(14)3/h5-8,10-11,17,20H,4,9H2,1-3H3. The molecule has 0 aliphatic rings. The molecule has 2 nitrogen and oxygen atoms in total. The predicted octanol–water partition coefficient (Wildman–Crippen LogP) is 4.44. The van der Waals surface area contributed by atoms with Crippen LogP contribution in [0.15, 0.2) is 36.7 Å². The Bertz CT molecular complexity index is 581. The predicted molar refractivity (Wildman–Crippen MR) is 85.3 cm³/mol. The average molecular weight is 289 g/mol. The van der Waals surface area contributed by atoms with Crippen LogP contribution in [0.3, 0.4) is 0 Å². The average Bonchev–Trinajstić information content (AvgIpc) is 2.45. The van der Waals surface area contributed by atoms with Crippen LogP contribution < -0.4 is 5.32 Å². The maximum absolute atomic E-state index is 6.28. The summed E-state index contributed by atoms with van der Waals surface area (Å²) in [6.45, 7) is 7.33. The van der Waals surface area contributed by atoms with Crippen molar-refractivity contribution in [3.63, 3.8) is 0 Å². The quantitative estimate of drug-likeness (QED) is 0.880. The van der Waals surface area contributed by atoms with Crippen LogP contribution in [0.5, 0.6) is 0 Å². The van der Waals surface area contributed by atoms with Crippen molar-refractivity contribution in [1.82, 2.24) is 10.3 Å². The highest BCUT2D eigenvalue weighted by molar-refractivity contribution is 6.31. The summed E-state index contributed by atoms with van der Waals surface area (Å²) < 4.78 is 0. The summed E-state index contributed by atoms with van der Waals surface area (Å²) in [6.07, 6.45) is 4.87. The van der Waals surface area contributed by atoms with Crippen LogP contribution in [0.4, 0.5) is 0 Å². The van der Waals surface area contributed by atoms with E-state index >= 15 is 0 Å². The third-order valence-corrected chi connectivity index (χ3v) is 4.02. The number of nitrogens with one attached hydrogen (secondary N) is 1. The Morgan fingerprint density at radius 2 is 2.00 bits per heavy atom. The smallest absolute Gasteiger partial charge is 0.0597 e. The summed E-state index contributed by atoms with van der Waals surface area (Å²) in [6, 6.07) is 8.28. The van der Waals surface area contributed by atoms with Gasteiger partial charge in [-0.25, -0.2) is 0 Å². The Kier molecular flexibility index (Phi) is 5.16. The Balaban J connectivity index is 2.47. The first kappa shape index (κ1) is 15.0.